The predicted molar refractivity (Wildman–Crippen MR) is 108 cm³/mol. The van der Waals surface area contributed by atoms with Crippen molar-refractivity contribution >= 4 is 11.6 Å². The molecule has 0 radical (unpaired) electrons. The van der Waals surface area contributed by atoms with Gasteiger partial charge in [0, 0.05) is 18.9 Å². The lowest BCUT2D eigenvalue weighted by molar-refractivity contribution is -0.137. The Morgan fingerprint density at radius 3 is 2.55 bits per heavy atom. The van der Waals surface area contributed by atoms with Crippen LogP contribution in [0.15, 0.2) is 48.8 Å². The smallest absolute Gasteiger partial charge is 0.416 e. The van der Waals surface area contributed by atoms with Crippen molar-refractivity contribution in [2.24, 2.45) is 0 Å². The van der Waals surface area contributed by atoms with Gasteiger partial charge in [0.05, 0.1) is 35.2 Å². The molecule has 0 saturated carbocycles. The molecule has 31 heavy (non-hydrogen) atoms. The Kier molecular flexibility index (Phi) is 5.01. The van der Waals surface area contributed by atoms with E-state index in [-0.39, 0.29) is 22.7 Å². The van der Waals surface area contributed by atoms with Crippen molar-refractivity contribution in [3.05, 3.63) is 59.9 Å². The third-order valence-corrected chi connectivity index (χ3v) is 5.06. The van der Waals surface area contributed by atoms with Crippen LogP contribution in [0.5, 0.6) is 11.5 Å². The summed E-state index contributed by atoms with van der Waals surface area (Å²) in [5.74, 6) is -0.155. The monoisotopic (exact) mass is 431 g/mol. The first kappa shape index (κ1) is 20.9. The van der Waals surface area contributed by atoms with Crippen LogP contribution >= 0.6 is 0 Å². The van der Waals surface area contributed by atoms with Gasteiger partial charge in [-0.2, -0.15) is 18.3 Å². The molecule has 2 aromatic carbocycles. The number of aromatic nitrogens is 2. The van der Waals surface area contributed by atoms with Gasteiger partial charge < -0.3 is 14.8 Å². The summed E-state index contributed by atoms with van der Waals surface area (Å²) in [5, 5.41) is 6.85. The molecule has 1 N–H and O–H groups in total. The van der Waals surface area contributed by atoms with Crippen molar-refractivity contribution < 1.29 is 27.4 Å². The average Bonchev–Trinajstić information content (AvgIpc) is 3.10. The van der Waals surface area contributed by atoms with Crippen molar-refractivity contribution in [3.8, 4) is 22.6 Å². The number of methoxy groups -OCH3 is 1. The van der Waals surface area contributed by atoms with Crippen molar-refractivity contribution in [2.45, 2.75) is 32.2 Å². The van der Waals surface area contributed by atoms with E-state index in [0.29, 0.717) is 6.54 Å². The molecule has 1 aliphatic rings. The zero-order valence-corrected chi connectivity index (χ0v) is 17.1. The number of anilines is 1. The minimum atomic E-state index is -4.52. The van der Waals surface area contributed by atoms with Gasteiger partial charge in [-0.1, -0.05) is 6.07 Å². The minimum Gasteiger partial charge on any atom is -0.454 e. The number of rotatable bonds is 4. The van der Waals surface area contributed by atoms with Crippen molar-refractivity contribution in [1.82, 2.24) is 9.78 Å². The van der Waals surface area contributed by atoms with E-state index in [2.05, 4.69) is 10.4 Å². The predicted octanol–water partition coefficient (Wildman–Crippen LogP) is 5.35. The Morgan fingerprint density at radius 2 is 1.84 bits per heavy atom. The van der Waals surface area contributed by atoms with Crippen LogP contribution in [-0.2, 0) is 17.5 Å². The van der Waals surface area contributed by atoms with Crippen LogP contribution in [0.25, 0.3) is 11.1 Å². The number of carbonyl (C=O) groups excluding carboxylic acids is 1. The standard InChI is InChI=1S/C22H20F3N3O3/c1-21(2,30-3)12-28-11-14(10-26-28)13-4-6-18-16(8-13)20(29)27-17-9-15(22(23,24)25)5-7-19(17)31-18/h4-11H,12H2,1-3H3,(H,27,29). The molecule has 9 heteroatoms. The molecule has 3 aromatic rings. The first-order valence-electron chi connectivity index (χ1n) is 9.48. The van der Waals surface area contributed by atoms with Gasteiger partial charge in [0.2, 0.25) is 0 Å². The van der Waals surface area contributed by atoms with E-state index in [1.165, 1.54) is 6.07 Å². The largest absolute Gasteiger partial charge is 0.454 e. The zero-order valence-electron chi connectivity index (χ0n) is 17.1. The van der Waals surface area contributed by atoms with Gasteiger partial charge in [0.25, 0.3) is 5.91 Å². The molecular formula is C22H20F3N3O3. The lowest BCUT2D eigenvalue weighted by atomic mass is 10.0. The lowest BCUT2D eigenvalue weighted by Gasteiger charge is -2.22. The summed E-state index contributed by atoms with van der Waals surface area (Å²) in [6.45, 7) is 4.43. The molecule has 1 amide bonds. The van der Waals surface area contributed by atoms with Crippen LogP contribution < -0.4 is 10.1 Å². The fourth-order valence-corrected chi connectivity index (χ4v) is 3.23. The number of amides is 1. The molecule has 0 unspecified atom stereocenters. The number of nitrogens with one attached hydrogen (secondary N) is 1. The number of halogens is 3. The van der Waals surface area contributed by atoms with Crippen LogP contribution in [0.1, 0.15) is 29.8 Å². The topological polar surface area (TPSA) is 65.4 Å². The van der Waals surface area contributed by atoms with Crippen molar-refractivity contribution in [2.75, 3.05) is 12.4 Å². The van der Waals surface area contributed by atoms with E-state index in [4.69, 9.17) is 9.47 Å². The molecule has 0 saturated heterocycles. The molecule has 0 bridgehead atoms. The number of fused-ring (bicyclic) bond motifs is 2. The summed E-state index contributed by atoms with van der Waals surface area (Å²) in [7, 11) is 1.63. The SMILES string of the molecule is COC(C)(C)Cn1cc(-c2ccc3c(c2)C(=O)Nc2cc(C(F)(F)F)ccc2O3)cn1. The summed E-state index contributed by atoms with van der Waals surface area (Å²) in [5.41, 5.74) is 0.420. The second kappa shape index (κ2) is 7.42. The molecule has 4 rings (SSSR count). The first-order valence-corrected chi connectivity index (χ1v) is 9.48. The third kappa shape index (κ3) is 4.27. The third-order valence-electron chi connectivity index (χ3n) is 5.06. The summed E-state index contributed by atoms with van der Waals surface area (Å²) >= 11 is 0. The van der Waals surface area contributed by atoms with Crippen LogP contribution in [0.2, 0.25) is 0 Å². The maximum Gasteiger partial charge on any atom is 0.416 e. The average molecular weight is 431 g/mol. The molecule has 0 aliphatic carbocycles. The molecule has 0 spiro atoms. The number of nitrogens with zero attached hydrogens (tertiary/aromatic N) is 2. The molecule has 1 aromatic heterocycles. The Morgan fingerprint density at radius 1 is 1.10 bits per heavy atom. The number of carbonyl (C=O) groups is 1. The first-order chi connectivity index (χ1) is 14.6. The van der Waals surface area contributed by atoms with E-state index in [1.54, 1.807) is 36.2 Å². The summed E-state index contributed by atoms with van der Waals surface area (Å²) < 4.78 is 51.9. The Bertz CT molecular complexity index is 1150. The van der Waals surface area contributed by atoms with Gasteiger partial charge in [0.1, 0.15) is 5.75 Å². The summed E-state index contributed by atoms with van der Waals surface area (Å²) in [6.07, 6.45) is -1.01. The van der Waals surface area contributed by atoms with E-state index >= 15 is 0 Å². The fourth-order valence-electron chi connectivity index (χ4n) is 3.23. The van der Waals surface area contributed by atoms with E-state index in [0.717, 1.165) is 23.3 Å². The molecule has 2 heterocycles. The highest BCUT2D eigenvalue weighted by atomic mass is 19.4. The highest BCUT2D eigenvalue weighted by Crippen LogP contribution is 2.40. The molecule has 1 aliphatic heterocycles. The highest BCUT2D eigenvalue weighted by Gasteiger charge is 2.32. The van der Waals surface area contributed by atoms with Gasteiger partial charge in [-0.3, -0.25) is 9.48 Å². The quantitative estimate of drug-likeness (QED) is 0.605. The maximum absolute atomic E-state index is 13.0. The molecule has 162 valence electrons. The van der Waals surface area contributed by atoms with Gasteiger partial charge in [0.15, 0.2) is 5.75 Å². The number of ether oxygens (including phenoxy) is 2. The van der Waals surface area contributed by atoms with Crippen LogP contribution in [0, 0.1) is 0 Å². The Labute approximate surface area is 176 Å². The molecule has 0 atom stereocenters. The summed E-state index contributed by atoms with van der Waals surface area (Å²) in [4.78, 5) is 12.7. The maximum atomic E-state index is 13.0. The van der Waals surface area contributed by atoms with Gasteiger partial charge >= 0.3 is 6.18 Å². The number of benzene rings is 2. The Balaban J connectivity index is 1.64. The van der Waals surface area contributed by atoms with Gasteiger partial charge in [-0.15, -0.1) is 0 Å². The lowest BCUT2D eigenvalue weighted by Crippen LogP contribution is -2.29. The van der Waals surface area contributed by atoms with E-state index < -0.39 is 23.2 Å². The summed E-state index contributed by atoms with van der Waals surface area (Å²) in [6, 6.07) is 7.99. The number of hydrogen-bond donors (Lipinski definition) is 1. The highest BCUT2D eigenvalue weighted by molar-refractivity contribution is 6.08. The van der Waals surface area contributed by atoms with E-state index in [1.807, 2.05) is 20.0 Å². The van der Waals surface area contributed by atoms with Gasteiger partial charge in [-0.25, -0.2) is 0 Å². The van der Waals surface area contributed by atoms with Crippen molar-refractivity contribution in [3.63, 3.8) is 0 Å². The van der Waals surface area contributed by atoms with Crippen molar-refractivity contribution in [1.29, 1.82) is 0 Å². The van der Waals surface area contributed by atoms with Crippen LogP contribution in [0.3, 0.4) is 0 Å². The zero-order chi connectivity index (χ0) is 22.4. The van der Waals surface area contributed by atoms with Gasteiger partial charge in [-0.05, 0) is 49.7 Å². The van der Waals surface area contributed by atoms with Crippen LogP contribution in [-0.4, -0.2) is 28.4 Å². The van der Waals surface area contributed by atoms with E-state index in [9.17, 15) is 18.0 Å². The molecule has 0 fully saturated rings. The molecule has 6 nitrogen and oxygen atoms in total. The normalized spacial score (nSPS) is 13.7. The fraction of sp³-hybridized carbons (Fsp3) is 0.273. The number of alkyl halides is 3. The van der Waals surface area contributed by atoms with Crippen LogP contribution in [0.4, 0.5) is 18.9 Å². The Hall–Kier alpha value is -3.33. The second-order valence-corrected chi connectivity index (χ2v) is 7.87. The minimum absolute atomic E-state index is 0.0350. The number of hydrogen-bond acceptors (Lipinski definition) is 4. The second-order valence-electron chi connectivity index (χ2n) is 7.87. The molecular weight excluding hydrogens is 411 g/mol.